The van der Waals surface area contributed by atoms with Crippen molar-refractivity contribution in [3.05, 3.63) is 65.2 Å². The Kier molecular flexibility index (Phi) is 5.61. The van der Waals surface area contributed by atoms with E-state index < -0.39 is 5.60 Å². The van der Waals surface area contributed by atoms with E-state index in [9.17, 15) is 9.59 Å². The Morgan fingerprint density at radius 1 is 1.18 bits per heavy atom. The molecule has 2 aliphatic heterocycles. The van der Waals surface area contributed by atoms with E-state index in [4.69, 9.17) is 9.47 Å². The highest BCUT2D eigenvalue weighted by Gasteiger charge is 2.31. The monoisotopic (exact) mass is 460 g/mol. The van der Waals surface area contributed by atoms with Crippen LogP contribution < -0.4 is 4.74 Å². The van der Waals surface area contributed by atoms with Crippen LogP contribution in [0.1, 0.15) is 42.3 Å². The van der Waals surface area contributed by atoms with Gasteiger partial charge in [-0.15, -0.1) is 0 Å². The highest BCUT2D eigenvalue weighted by Crippen LogP contribution is 2.36. The Balaban J connectivity index is 1.29. The zero-order valence-corrected chi connectivity index (χ0v) is 19.6. The van der Waals surface area contributed by atoms with Gasteiger partial charge in [0.1, 0.15) is 17.0 Å². The minimum atomic E-state index is -0.503. The second-order valence-electron chi connectivity index (χ2n) is 9.62. The zero-order valence-electron chi connectivity index (χ0n) is 19.6. The molecule has 3 aromatic rings. The third-order valence-corrected chi connectivity index (χ3v) is 5.96. The average Bonchev–Trinajstić information content (AvgIpc) is 3.35. The third kappa shape index (κ3) is 4.41. The van der Waals surface area contributed by atoms with Crippen molar-refractivity contribution in [1.82, 2.24) is 19.8 Å². The van der Waals surface area contributed by atoms with Crippen LogP contribution in [-0.4, -0.2) is 63.4 Å². The molecule has 2 aromatic heterocycles. The number of ketones is 1. The van der Waals surface area contributed by atoms with Crippen LogP contribution in [-0.2, 0) is 11.3 Å². The number of piperazine rings is 1. The highest BCUT2D eigenvalue weighted by atomic mass is 16.6. The summed E-state index contributed by atoms with van der Waals surface area (Å²) in [7, 11) is 0. The van der Waals surface area contributed by atoms with Crippen molar-refractivity contribution in [2.45, 2.75) is 32.9 Å². The molecule has 1 amide bonds. The molecule has 0 unspecified atom stereocenters. The van der Waals surface area contributed by atoms with Gasteiger partial charge in [-0.3, -0.25) is 9.69 Å². The Bertz CT molecular complexity index is 1280. The summed E-state index contributed by atoms with van der Waals surface area (Å²) in [5, 5.41) is 0.936. The predicted molar refractivity (Wildman–Crippen MR) is 129 cm³/mol. The SMILES string of the molecule is CC(C)(C)OC(=O)N1CCN(Cc2cccc3c2O/C(=C\c2c[nH]c4ncccc24)C3=O)CC1. The molecule has 0 spiro atoms. The number of carbonyl (C=O) groups excluding carboxylic acids is 2. The number of nitrogens with one attached hydrogen (secondary N) is 1. The number of H-pyrrole nitrogens is 1. The molecule has 176 valence electrons. The number of hydrogen-bond acceptors (Lipinski definition) is 6. The molecule has 1 saturated heterocycles. The van der Waals surface area contributed by atoms with Gasteiger partial charge in [-0.2, -0.15) is 0 Å². The molecule has 1 aromatic carbocycles. The number of allylic oxidation sites excluding steroid dienone is 1. The number of carbonyl (C=O) groups is 2. The van der Waals surface area contributed by atoms with E-state index >= 15 is 0 Å². The smallest absolute Gasteiger partial charge is 0.410 e. The lowest BCUT2D eigenvalue weighted by Crippen LogP contribution is -2.49. The van der Waals surface area contributed by atoms with E-state index in [1.54, 1.807) is 23.2 Å². The normalized spacial score (nSPS) is 17.8. The zero-order chi connectivity index (χ0) is 23.9. The number of fused-ring (bicyclic) bond motifs is 2. The first kappa shape index (κ1) is 22.2. The van der Waals surface area contributed by atoms with Crippen LogP contribution in [0.15, 0.2) is 48.5 Å². The standard InChI is InChI=1S/C26H28N4O4/c1-26(2,3)34-25(32)30-12-10-29(11-13-30)16-17-6-4-7-20-22(31)21(33-23(17)20)14-18-15-28-24-19(18)8-5-9-27-24/h4-9,14-15H,10-13,16H2,1-3H3,(H,27,28)/b21-14-. The Labute approximate surface area is 198 Å². The summed E-state index contributed by atoms with van der Waals surface area (Å²) in [6.45, 7) is 8.91. The topological polar surface area (TPSA) is 87.8 Å². The van der Waals surface area contributed by atoms with Crippen LogP contribution in [0, 0.1) is 0 Å². The van der Waals surface area contributed by atoms with Crippen molar-refractivity contribution in [3.63, 3.8) is 0 Å². The van der Waals surface area contributed by atoms with Gasteiger partial charge >= 0.3 is 6.09 Å². The van der Waals surface area contributed by atoms with Crippen LogP contribution >= 0.6 is 0 Å². The molecule has 34 heavy (non-hydrogen) atoms. The van der Waals surface area contributed by atoms with Crippen LogP contribution in [0.25, 0.3) is 17.1 Å². The van der Waals surface area contributed by atoms with Gasteiger partial charge in [0.15, 0.2) is 5.76 Å². The van der Waals surface area contributed by atoms with E-state index in [-0.39, 0.29) is 11.9 Å². The van der Waals surface area contributed by atoms with Gasteiger partial charge in [0, 0.05) is 61.6 Å². The number of hydrogen-bond donors (Lipinski definition) is 1. The van der Waals surface area contributed by atoms with Crippen LogP contribution in [0.2, 0.25) is 0 Å². The van der Waals surface area contributed by atoms with Crippen molar-refractivity contribution in [1.29, 1.82) is 0 Å². The maximum atomic E-state index is 13.0. The second kappa shape index (κ2) is 8.61. The number of ether oxygens (including phenoxy) is 2. The molecular weight excluding hydrogens is 432 g/mol. The van der Waals surface area contributed by atoms with E-state index in [1.807, 2.05) is 51.2 Å². The minimum absolute atomic E-state index is 0.121. The molecule has 4 heterocycles. The van der Waals surface area contributed by atoms with Gasteiger partial charge in [-0.25, -0.2) is 9.78 Å². The molecule has 1 N–H and O–H groups in total. The summed E-state index contributed by atoms with van der Waals surface area (Å²) in [5.74, 6) is 0.804. The van der Waals surface area contributed by atoms with E-state index in [1.165, 1.54) is 0 Å². The van der Waals surface area contributed by atoms with Crippen LogP contribution in [0.5, 0.6) is 5.75 Å². The van der Waals surface area contributed by atoms with Crippen molar-refractivity contribution in [2.24, 2.45) is 0 Å². The summed E-state index contributed by atoms with van der Waals surface area (Å²) < 4.78 is 11.6. The molecule has 8 nitrogen and oxygen atoms in total. The maximum absolute atomic E-state index is 13.0. The van der Waals surface area contributed by atoms with Crippen molar-refractivity contribution >= 4 is 29.0 Å². The molecule has 5 rings (SSSR count). The first-order chi connectivity index (χ1) is 16.3. The number of aromatic nitrogens is 2. The van der Waals surface area contributed by atoms with Crippen LogP contribution in [0.3, 0.4) is 0 Å². The largest absolute Gasteiger partial charge is 0.452 e. The summed E-state index contributed by atoms with van der Waals surface area (Å²) in [5.41, 5.74) is 2.66. The van der Waals surface area contributed by atoms with Gasteiger partial charge in [-0.05, 0) is 45.0 Å². The summed E-state index contributed by atoms with van der Waals surface area (Å²) >= 11 is 0. The number of aromatic amines is 1. The van der Waals surface area contributed by atoms with Gasteiger partial charge in [0.25, 0.3) is 0 Å². The first-order valence-corrected chi connectivity index (χ1v) is 11.5. The Hall–Kier alpha value is -3.65. The molecule has 1 fully saturated rings. The van der Waals surface area contributed by atoms with Gasteiger partial charge in [0.05, 0.1) is 5.56 Å². The van der Waals surface area contributed by atoms with E-state index in [2.05, 4.69) is 14.9 Å². The lowest BCUT2D eigenvalue weighted by Gasteiger charge is -2.35. The summed E-state index contributed by atoms with van der Waals surface area (Å²) in [6, 6.07) is 9.51. The fourth-order valence-corrected chi connectivity index (χ4v) is 4.29. The number of para-hydroxylation sites is 1. The van der Waals surface area contributed by atoms with Crippen molar-refractivity contribution in [2.75, 3.05) is 26.2 Å². The molecule has 0 aliphatic carbocycles. The number of nitrogens with zero attached hydrogens (tertiary/aromatic N) is 3. The summed E-state index contributed by atoms with van der Waals surface area (Å²) in [6.07, 6.45) is 5.05. The van der Waals surface area contributed by atoms with Gasteiger partial charge in [0.2, 0.25) is 5.78 Å². The number of amides is 1. The molecular formula is C26H28N4O4. The highest BCUT2D eigenvalue weighted by molar-refractivity contribution is 6.15. The van der Waals surface area contributed by atoms with Gasteiger partial charge in [-0.1, -0.05) is 12.1 Å². The maximum Gasteiger partial charge on any atom is 0.410 e. The van der Waals surface area contributed by atoms with Crippen molar-refractivity contribution in [3.8, 4) is 5.75 Å². The lowest BCUT2D eigenvalue weighted by molar-refractivity contribution is 0.0138. The van der Waals surface area contributed by atoms with Gasteiger partial charge < -0.3 is 19.4 Å². The second-order valence-corrected chi connectivity index (χ2v) is 9.62. The van der Waals surface area contributed by atoms with E-state index in [0.717, 1.165) is 35.2 Å². The number of rotatable bonds is 3. The molecule has 2 aliphatic rings. The molecule has 0 radical (unpaired) electrons. The van der Waals surface area contributed by atoms with E-state index in [0.29, 0.717) is 36.7 Å². The molecule has 0 atom stereocenters. The summed E-state index contributed by atoms with van der Waals surface area (Å²) in [4.78, 5) is 36.8. The fraction of sp³-hybridized carbons (Fsp3) is 0.346. The molecule has 0 bridgehead atoms. The Morgan fingerprint density at radius 2 is 1.97 bits per heavy atom. The molecule has 8 heteroatoms. The number of benzene rings is 1. The predicted octanol–water partition coefficient (Wildman–Crippen LogP) is 4.23. The number of Topliss-reactive ketones (excluding diaryl/α,β-unsaturated/α-hetero) is 1. The fourth-order valence-electron chi connectivity index (χ4n) is 4.29. The molecule has 0 saturated carbocycles. The third-order valence-electron chi connectivity index (χ3n) is 5.96. The Morgan fingerprint density at radius 3 is 2.74 bits per heavy atom. The first-order valence-electron chi connectivity index (χ1n) is 11.5. The van der Waals surface area contributed by atoms with Crippen molar-refractivity contribution < 1.29 is 19.1 Å². The van der Waals surface area contributed by atoms with Crippen LogP contribution in [0.4, 0.5) is 4.79 Å². The quantitative estimate of drug-likeness (QED) is 0.589. The minimum Gasteiger partial charge on any atom is -0.452 e. The average molecular weight is 461 g/mol. The lowest BCUT2D eigenvalue weighted by atomic mass is 10.1. The number of pyridine rings is 1.